The number of aromatic carboxylic acids is 1. The molecular formula is C14H18N2O4. The van der Waals surface area contributed by atoms with Crippen LogP contribution < -0.4 is 5.32 Å². The van der Waals surface area contributed by atoms with Crippen LogP contribution in [0.15, 0.2) is 30.9 Å². The standard InChI is InChI=1S/C14H18N2O4/c1-4-7-16(9(2)3)14(20)15-12-6-5-10(17)8-11(12)13(18)19/h4-6,8-9,17H,1,7H2,2-3H3,(H,15,20)(H,18,19). The molecule has 0 spiro atoms. The molecule has 1 aromatic carbocycles. The second-order valence-electron chi connectivity index (χ2n) is 4.50. The molecule has 0 aromatic heterocycles. The highest BCUT2D eigenvalue weighted by Crippen LogP contribution is 2.22. The maximum absolute atomic E-state index is 12.1. The van der Waals surface area contributed by atoms with E-state index in [0.29, 0.717) is 6.54 Å². The number of phenols is 1. The molecule has 1 rings (SSSR count). The summed E-state index contributed by atoms with van der Waals surface area (Å²) in [6, 6.07) is 3.27. The third kappa shape index (κ3) is 3.74. The van der Waals surface area contributed by atoms with Gasteiger partial charge in [0.25, 0.3) is 0 Å². The highest BCUT2D eigenvalue weighted by molar-refractivity contribution is 6.00. The van der Waals surface area contributed by atoms with Crippen molar-refractivity contribution >= 4 is 17.7 Å². The summed E-state index contributed by atoms with van der Waals surface area (Å²) in [5, 5.41) is 20.9. The van der Waals surface area contributed by atoms with Gasteiger partial charge in [0.2, 0.25) is 0 Å². The van der Waals surface area contributed by atoms with Crippen LogP contribution in [-0.2, 0) is 0 Å². The van der Waals surface area contributed by atoms with Crippen LogP contribution in [-0.4, -0.2) is 39.7 Å². The van der Waals surface area contributed by atoms with Crippen molar-refractivity contribution in [2.75, 3.05) is 11.9 Å². The number of carboxylic acids is 1. The lowest BCUT2D eigenvalue weighted by Gasteiger charge is -2.25. The predicted octanol–water partition coefficient (Wildman–Crippen LogP) is 2.52. The molecule has 1 aromatic rings. The molecule has 0 radical (unpaired) electrons. The average molecular weight is 278 g/mol. The van der Waals surface area contributed by atoms with Gasteiger partial charge in [-0.25, -0.2) is 9.59 Å². The van der Waals surface area contributed by atoms with Gasteiger partial charge in [-0.3, -0.25) is 0 Å². The fourth-order valence-electron chi connectivity index (χ4n) is 1.67. The van der Waals surface area contributed by atoms with Crippen molar-refractivity contribution in [1.82, 2.24) is 4.90 Å². The van der Waals surface area contributed by atoms with Crippen LogP contribution in [0.1, 0.15) is 24.2 Å². The minimum absolute atomic E-state index is 0.0570. The Hall–Kier alpha value is -2.50. The molecule has 0 fully saturated rings. The topological polar surface area (TPSA) is 89.9 Å². The van der Waals surface area contributed by atoms with Gasteiger partial charge in [0, 0.05) is 12.6 Å². The van der Waals surface area contributed by atoms with E-state index in [4.69, 9.17) is 5.11 Å². The number of anilines is 1. The number of carboxylic acid groups (broad SMARTS) is 1. The smallest absolute Gasteiger partial charge is 0.337 e. The van der Waals surface area contributed by atoms with E-state index in [0.717, 1.165) is 6.07 Å². The minimum atomic E-state index is -1.23. The van der Waals surface area contributed by atoms with Gasteiger partial charge < -0.3 is 20.4 Å². The summed E-state index contributed by atoms with van der Waals surface area (Å²) in [7, 11) is 0. The number of rotatable bonds is 5. The Kier molecular flexibility index (Phi) is 5.14. The molecule has 0 heterocycles. The van der Waals surface area contributed by atoms with Crippen LogP contribution in [0.3, 0.4) is 0 Å². The SMILES string of the molecule is C=CCN(C(=O)Nc1ccc(O)cc1C(=O)O)C(C)C. The van der Waals surface area contributed by atoms with Gasteiger partial charge in [-0.15, -0.1) is 6.58 Å². The monoisotopic (exact) mass is 278 g/mol. The number of hydrogen-bond acceptors (Lipinski definition) is 3. The van der Waals surface area contributed by atoms with Crippen LogP contribution in [0.2, 0.25) is 0 Å². The van der Waals surface area contributed by atoms with Crippen molar-refractivity contribution < 1.29 is 19.8 Å². The number of carbonyl (C=O) groups is 2. The fourth-order valence-corrected chi connectivity index (χ4v) is 1.67. The van der Waals surface area contributed by atoms with E-state index in [-0.39, 0.29) is 23.0 Å². The van der Waals surface area contributed by atoms with E-state index in [2.05, 4.69) is 11.9 Å². The molecule has 0 atom stereocenters. The van der Waals surface area contributed by atoms with Gasteiger partial charge in [-0.1, -0.05) is 6.08 Å². The number of carbonyl (C=O) groups excluding carboxylic acids is 1. The van der Waals surface area contributed by atoms with E-state index in [1.165, 1.54) is 17.0 Å². The molecular weight excluding hydrogens is 260 g/mol. The average Bonchev–Trinajstić information content (AvgIpc) is 2.37. The molecule has 0 aliphatic rings. The molecule has 108 valence electrons. The van der Waals surface area contributed by atoms with Crippen LogP contribution in [0, 0.1) is 0 Å². The van der Waals surface area contributed by atoms with E-state index < -0.39 is 12.0 Å². The summed E-state index contributed by atoms with van der Waals surface area (Å²) < 4.78 is 0. The summed E-state index contributed by atoms with van der Waals surface area (Å²) in [5.74, 6) is -1.40. The van der Waals surface area contributed by atoms with Crippen LogP contribution in [0.4, 0.5) is 10.5 Å². The maximum atomic E-state index is 12.1. The van der Waals surface area contributed by atoms with E-state index >= 15 is 0 Å². The lowest BCUT2D eigenvalue weighted by Crippen LogP contribution is -2.40. The van der Waals surface area contributed by atoms with Gasteiger partial charge in [-0.2, -0.15) is 0 Å². The highest BCUT2D eigenvalue weighted by Gasteiger charge is 2.18. The summed E-state index contributed by atoms with van der Waals surface area (Å²) >= 11 is 0. The largest absolute Gasteiger partial charge is 0.508 e. The zero-order valence-corrected chi connectivity index (χ0v) is 11.5. The normalized spacial score (nSPS) is 10.2. The van der Waals surface area contributed by atoms with Gasteiger partial charge >= 0.3 is 12.0 Å². The lowest BCUT2D eigenvalue weighted by atomic mass is 10.1. The number of aromatic hydroxyl groups is 1. The van der Waals surface area contributed by atoms with Gasteiger partial charge in [0.1, 0.15) is 5.75 Å². The summed E-state index contributed by atoms with van der Waals surface area (Å²) in [6.45, 7) is 7.62. The number of phenolic OH excluding ortho intramolecular Hbond substituents is 1. The van der Waals surface area contributed by atoms with Crippen molar-refractivity contribution in [1.29, 1.82) is 0 Å². The minimum Gasteiger partial charge on any atom is -0.508 e. The van der Waals surface area contributed by atoms with Gasteiger partial charge in [0.05, 0.1) is 11.3 Å². The number of amides is 2. The number of benzene rings is 1. The van der Waals surface area contributed by atoms with E-state index in [1.54, 1.807) is 6.08 Å². The van der Waals surface area contributed by atoms with Crippen LogP contribution >= 0.6 is 0 Å². The highest BCUT2D eigenvalue weighted by atomic mass is 16.4. The van der Waals surface area contributed by atoms with Crippen LogP contribution in [0.25, 0.3) is 0 Å². The number of urea groups is 1. The quantitative estimate of drug-likeness (QED) is 0.570. The zero-order valence-electron chi connectivity index (χ0n) is 11.5. The predicted molar refractivity (Wildman–Crippen MR) is 76.1 cm³/mol. The van der Waals surface area contributed by atoms with Crippen molar-refractivity contribution in [3.05, 3.63) is 36.4 Å². The summed E-state index contributed by atoms with van der Waals surface area (Å²) in [4.78, 5) is 24.7. The molecule has 0 unspecified atom stereocenters. The van der Waals surface area contributed by atoms with Gasteiger partial charge in [-0.05, 0) is 32.0 Å². The third-order valence-electron chi connectivity index (χ3n) is 2.69. The first kappa shape index (κ1) is 15.6. The van der Waals surface area contributed by atoms with Crippen molar-refractivity contribution in [3.8, 4) is 5.75 Å². The first-order valence-electron chi connectivity index (χ1n) is 6.11. The Morgan fingerprint density at radius 1 is 1.45 bits per heavy atom. The second kappa shape index (κ2) is 6.60. The van der Waals surface area contributed by atoms with Crippen molar-refractivity contribution in [2.24, 2.45) is 0 Å². The number of nitrogens with one attached hydrogen (secondary N) is 1. The molecule has 0 saturated heterocycles. The fraction of sp³-hybridized carbons (Fsp3) is 0.286. The molecule has 0 bridgehead atoms. The van der Waals surface area contributed by atoms with Crippen LogP contribution in [0.5, 0.6) is 5.75 Å². The molecule has 0 saturated carbocycles. The Labute approximate surface area is 117 Å². The zero-order chi connectivity index (χ0) is 15.3. The molecule has 0 aliphatic carbocycles. The molecule has 3 N–H and O–H groups in total. The summed E-state index contributed by atoms with van der Waals surface area (Å²) in [6.07, 6.45) is 1.59. The lowest BCUT2D eigenvalue weighted by molar-refractivity contribution is 0.0697. The summed E-state index contributed by atoms with van der Waals surface area (Å²) in [5.41, 5.74) is -0.0318. The Morgan fingerprint density at radius 2 is 2.10 bits per heavy atom. The first-order chi connectivity index (χ1) is 9.36. The molecule has 0 aliphatic heterocycles. The Bertz CT molecular complexity index is 526. The van der Waals surface area contributed by atoms with Crippen molar-refractivity contribution in [2.45, 2.75) is 19.9 Å². The van der Waals surface area contributed by atoms with E-state index in [1.807, 2.05) is 13.8 Å². The first-order valence-corrected chi connectivity index (χ1v) is 6.11. The Balaban J connectivity index is 3.00. The van der Waals surface area contributed by atoms with Gasteiger partial charge in [0.15, 0.2) is 0 Å². The maximum Gasteiger partial charge on any atom is 0.337 e. The molecule has 6 heteroatoms. The Morgan fingerprint density at radius 3 is 2.60 bits per heavy atom. The second-order valence-corrected chi connectivity index (χ2v) is 4.50. The molecule has 20 heavy (non-hydrogen) atoms. The number of hydrogen-bond donors (Lipinski definition) is 3. The van der Waals surface area contributed by atoms with Crippen molar-refractivity contribution in [3.63, 3.8) is 0 Å². The third-order valence-corrected chi connectivity index (χ3v) is 2.69. The number of nitrogens with zero attached hydrogens (tertiary/aromatic N) is 1. The molecule has 2 amide bonds. The molecule has 6 nitrogen and oxygen atoms in total. The van der Waals surface area contributed by atoms with E-state index in [9.17, 15) is 14.7 Å².